The molecule has 0 unspecified atom stereocenters. The van der Waals surface area contributed by atoms with Crippen LogP contribution in [0, 0.1) is 15.3 Å². The van der Waals surface area contributed by atoms with Gasteiger partial charge < -0.3 is 53.3 Å². The molecule has 0 aromatic rings. The van der Waals surface area contributed by atoms with E-state index in [0.717, 1.165) is 0 Å². The van der Waals surface area contributed by atoms with Crippen molar-refractivity contribution in [3.8, 4) is 0 Å². The molecular formula is C2H18NO10Y-. The third-order valence-electron chi connectivity index (χ3n) is 0. The molecular weight excluding hydrogens is 287 g/mol. The van der Waals surface area contributed by atoms with Gasteiger partial charge in [0.25, 0.3) is 0 Å². The van der Waals surface area contributed by atoms with Gasteiger partial charge in [-0.2, -0.15) is 0 Å². The van der Waals surface area contributed by atoms with Gasteiger partial charge in [0.1, 0.15) is 0 Å². The fourth-order valence-electron chi connectivity index (χ4n) is 0. The maximum atomic E-state index is 8.25. The normalized spacial score (nSPS) is 3.00. The molecule has 0 amide bonds. The molecule has 0 saturated heterocycles. The van der Waals surface area contributed by atoms with Gasteiger partial charge in [-0.05, 0) is 6.92 Å². The predicted molar refractivity (Wildman–Crippen MR) is 44.8 cm³/mol. The molecule has 0 fully saturated rings. The van der Waals surface area contributed by atoms with Gasteiger partial charge in [-0.25, -0.2) is 0 Å². The summed E-state index contributed by atoms with van der Waals surface area (Å²) in [6, 6.07) is 0. The van der Waals surface area contributed by atoms with Crippen LogP contribution in [0.15, 0.2) is 0 Å². The Morgan fingerprint density at radius 3 is 1.00 bits per heavy atom. The smallest absolute Gasteiger partial charge is 0.0689 e. The van der Waals surface area contributed by atoms with Crippen molar-refractivity contribution in [1.82, 2.24) is 0 Å². The zero-order valence-corrected chi connectivity index (χ0v) is 10.2. The summed E-state index contributed by atoms with van der Waals surface area (Å²) in [5, 5.41) is 22.3. The van der Waals surface area contributed by atoms with Gasteiger partial charge in [-0.3, -0.25) is 0 Å². The standard InChI is InChI=1S/C2H6O.NO3.6H2O.Y/c1-2-3;2-1(3)4;;;;;;;/h3H,2H2,1H3;;6*1H2;/q;-1;;;;;;;. The van der Waals surface area contributed by atoms with Crippen molar-refractivity contribution in [2.75, 3.05) is 6.61 Å². The van der Waals surface area contributed by atoms with E-state index in [1.165, 1.54) is 0 Å². The Labute approximate surface area is 105 Å². The maximum absolute atomic E-state index is 8.25. The number of nitrogens with zero attached hydrogens (tertiary/aromatic N) is 1. The molecule has 1 radical (unpaired) electrons. The Balaban J connectivity index is -0.00000000344. The van der Waals surface area contributed by atoms with E-state index in [-0.39, 0.29) is 72.2 Å². The molecule has 14 heavy (non-hydrogen) atoms. The number of rotatable bonds is 0. The quantitative estimate of drug-likeness (QED) is 0.339. The van der Waals surface area contributed by atoms with Crippen molar-refractivity contribution in [3.63, 3.8) is 0 Å². The topological polar surface area (TPSA) is 275 Å². The summed E-state index contributed by atoms with van der Waals surface area (Å²) in [5.41, 5.74) is 0. The summed E-state index contributed by atoms with van der Waals surface area (Å²) in [5.74, 6) is 0. The molecule has 0 aromatic carbocycles. The van der Waals surface area contributed by atoms with Crippen LogP contribution >= 0.6 is 0 Å². The molecule has 0 spiro atoms. The summed E-state index contributed by atoms with van der Waals surface area (Å²) in [6.45, 7) is 1.93. The van der Waals surface area contributed by atoms with Crippen molar-refractivity contribution >= 4 is 0 Å². The van der Waals surface area contributed by atoms with E-state index in [2.05, 4.69) is 0 Å². The van der Waals surface area contributed by atoms with Gasteiger partial charge in [0.2, 0.25) is 0 Å². The first-order valence-electron chi connectivity index (χ1n) is 1.57. The van der Waals surface area contributed by atoms with Crippen molar-refractivity contribution in [3.05, 3.63) is 15.3 Å². The summed E-state index contributed by atoms with van der Waals surface area (Å²) < 4.78 is 0. The van der Waals surface area contributed by atoms with Crippen LogP contribution in [0.2, 0.25) is 0 Å². The number of aliphatic hydroxyl groups is 1. The molecule has 13 N–H and O–H groups in total. The maximum Gasteiger partial charge on any atom is 0.0689 e. The van der Waals surface area contributed by atoms with Gasteiger partial charge in [-0.1, -0.05) is 0 Å². The molecule has 0 bridgehead atoms. The second kappa shape index (κ2) is 116. The van der Waals surface area contributed by atoms with Crippen LogP contribution in [0.1, 0.15) is 6.92 Å². The van der Waals surface area contributed by atoms with E-state index in [1.54, 1.807) is 6.92 Å². The minimum atomic E-state index is -1.75. The van der Waals surface area contributed by atoms with Gasteiger partial charge in [0, 0.05) is 39.3 Å². The second-order valence-electron chi connectivity index (χ2n) is 0.540. The van der Waals surface area contributed by atoms with Crippen LogP contribution in [-0.2, 0) is 32.7 Å². The van der Waals surface area contributed by atoms with Crippen LogP contribution in [0.3, 0.4) is 0 Å². The molecule has 0 rings (SSSR count). The zero-order valence-electron chi connectivity index (χ0n) is 7.40. The Kier molecular flexibility index (Phi) is 783. The molecule has 95 valence electrons. The van der Waals surface area contributed by atoms with Gasteiger partial charge in [0.05, 0.1) is 5.09 Å². The Bertz CT molecular complexity index is 49.4. The van der Waals surface area contributed by atoms with E-state index in [9.17, 15) is 0 Å². The zero-order chi connectivity index (χ0) is 6.28. The summed E-state index contributed by atoms with van der Waals surface area (Å²) in [7, 11) is 0. The Hall–Kier alpha value is 0.0239. The number of hydrogen-bond donors (Lipinski definition) is 1. The minimum absolute atomic E-state index is 0. The molecule has 11 nitrogen and oxygen atoms in total. The molecule has 12 heteroatoms. The average Bonchev–Trinajstić information content (AvgIpc) is 1.33. The third kappa shape index (κ3) is 2560000. The molecule has 0 aromatic heterocycles. The second-order valence-corrected chi connectivity index (χ2v) is 0.540. The first-order chi connectivity index (χ1) is 3.15. The van der Waals surface area contributed by atoms with Crippen LogP contribution < -0.4 is 0 Å². The monoisotopic (exact) mass is 305 g/mol. The molecule has 0 aliphatic rings. The van der Waals surface area contributed by atoms with Gasteiger partial charge >= 0.3 is 0 Å². The third-order valence-corrected chi connectivity index (χ3v) is 0. The van der Waals surface area contributed by atoms with Gasteiger partial charge in [0.15, 0.2) is 0 Å². The number of hydrogen-bond acceptors (Lipinski definition) is 4. The average molecular weight is 305 g/mol. The van der Waals surface area contributed by atoms with E-state index in [0.29, 0.717) is 0 Å². The first-order valence-corrected chi connectivity index (χ1v) is 1.57. The number of aliphatic hydroxyl groups excluding tert-OH is 1. The van der Waals surface area contributed by atoms with Crippen molar-refractivity contribution in [2.24, 2.45) is 0 Å². The Morgan fingerprint density at radius 2 is 1.00 bits per heavy atom. The molecule has 0 atom stereocenters. The summed E-state index contributed by atoms with van der Waals surface area (Å²) in [6.07, 6.45) is 0. The van der Waals surface area contributed by atoms with Crippen LogP contribution in [-0.4, -0.2) is 49.7 Å². The summed E-state index contributed by atoms with van der Waals surface area (Å²) >= 11 is 0. The van der Waals surface area contributed by atoms with Crippen LogP contribution in [0.25, 0.3) is 0 Å². The largest absolute Gasteiger partial charge is 0.412 e. The van der Waals surface area contributed by atoms with Crippen LogP contribution in [0.5, 0.6) is 0 Å². The molecule has 0 aliphatic heterocycles. The van der Waals surface area contributed by atoms with E-state index in [1.807, 2.05) is 0 Å². The van der Waals surface area contributed by atoms with Crippen molar-refractivity contribution < 1.29 is 75.8 Å². The molecule has 0 heterocycles. The van der Waals surface area contributed by atoms with Crippen molar-refractivity contribution in [2.45, 2.75) is 6.92 Å². The van der Waals surface area contributed by atoms with E-state index >= 15 is 0 Å². The molecule has 0 saturated carbocycles. The Morgan fingerprint density at radius 1 is 1.00 bits per heavy atom. The predicted octanol–water partition coefficient (Wildman–Crippen LogP) is -5.19. The van der Waals surface area contributed by atoms with Gasteiger partial charge in [-0.15, -0.1) is 0 Å². The van der Waals surface area contributed by atoms with E-state index < -0.39 is 5.09 Å². The van der Waals surface area contributed by atoms with Crippen molar-refractivity contribution in [1.29, 1.82) is 0 Å². The summed E-state index contributed by atoms with van der Waals surface area (Å²) in [4.78, 5) is 8.25. The SMILES string of the molecule is CCO.O.O.O.O.O.O.O=[N+]([O-])[O-].[Y]. The minimum Gasteiger partial charge on any atom is -0.412 e. The molecule has 0 aliphatic carbocycles. The van der Waals surface area contributed by atoms with Crippen LogP contribution in [0.4, 0.5) is 0 Å². The fraction of sp³-hybridized carbons (Fsp3) is 1.00. The fourth-order valence-corrected chi connectivity index (χ4v) is 0. The first kappa shape index (κ1) is 94.2. The van der Waals surface area contributed by atoms with E-state index in [4.69, 9.17) is 20.4 Å².